The Morgan fingerprint density at radius 1 is 1.59 bits per heavy atom. The number of anilines is 1. The van der Waals surface area contributed by atoms with Crippen LogP contribution in [0.15, 0.2) is 22.7 Å². The minimum absolute atomic E-state index is 0.0783. The van der Waals surface area contributed by atoms with E-state index in [1.807, 2.05) is 6.92 Å². The van der Waals surface area contributed by atoms with E-state index in [0.29, 0.717) is 16.6 Å². The van der Waals surface area contributed by atoms with E-state index < -0.39 is 4.92 Å². The zero-order chi connectivity index (χ0) is 13.0. The number of benzene rings is 1. The number of rotatable bonds is 4. The van der Waals surface area contributed by atoms with Gasteiger partial charge in [-0.3, -0.25) is 14.9 Å². The fourth-order valence-electron chi connectivity index (χ4n) is 1.14. The summed E-state index contributed by atoms with van der Waals surface area (Å²) in [6, 6.07) is 4.45. The Labute approximate surface area is 115 Å². The third-order valence-electron chi connectivity index (χ3n) is 2.05. The number of nitro benzene ring substituents is 1. The summed E-state index contributed by atoms with van der Waals surface area (Å²) in [5, 5.41) is 13.3. The van der Waals surface area contributed by atoms with Crippen LogP contribution in [0.1, 0.15) is 13.3 Å². The number of amides is 1. The van der Waals surface area contributed by atoms with Crippen molar-refractivity contribution in [2.24, 2.45) is 0 Å². The quantitative estimate of drug-likeness (QED) is 0.504. The highest BCUT2D eigenvalue weighted by molar-refractivity contribution is 9.10. The number of hydrogen-bond donors (Lipinski definition) is 1. The van der Waals surface area contributed by atoms with E-state index in [1.54, 1.807) is 6.07 Å². The van der Waals surface area contributed by atoms with Crippen molar-refractivity contribution >= 4 is 49.1 Å². The summed E-state index contributed by atoms with van der Waals surface area (Å²) in [7, 11) is 0. The zero-order valence-electron chi connectivity index (χ0n) is 8.94. The lowest BCUT2D eigenvalue weighted by molar-refractivity contribution is -0.385. The molecule has 5 nitrogen and oxygen atoms in total. The van der Waals surface area contributed by atoms with Crippen molar-refractivity contribution < 1.29 is 9.72 Å². The SMILES string of the molecule is CCC(Br)C(=O)Nc1ccc(Br)c([N+](=O)[O-])c1. The summed E-state index contributed by atoms with van der Waals surface area (Å²) in [6.07, 6.45) is 0.643. The summed E-state index contributed by atoms with van der Waals surface area (Å²) in [4.78, 5) is 21.5. The molecule has 1 atom stereocenters. The highest BCUT2D eigenvalue weighted by Crippen LogP contribution is 2.28. The molecule has 1 N–H and O–H groups in total. The summed E-state index contributed by atoms with van der Waals surface area (Å²) in [5.74, 6) is -0.218. The normalized spacial score (nSPS) is 11.9. The van der Waals surface area contributed by atoms with Crippen molar-refractivity contribution in [2.75, 3.05) is 5.32 Å². The van der Waals surface area contributed by atoms with Crippen LogP contribution in [-0.4, -0.2) is 15.7 Å². The number of carbonyl (C=O) groups is 1. The molecule has 0 aromatic heterocycles. The maximum Gasteiger partial charge on any atom is 0.285 e. The van der Waals surface area contributed by atoms with Gasteiger partial charge in [-0.2, -0.15) is 0 Å². The molecule has 1 aromatic rings. The number of carbonyl (C=O) groups excluding carboxylic acids is 1. The maximum atomic E-state index is 11.6. The highest BCUT2D eigenvalue weighted by Gasteiger charge is 2.16. The van der Waals surface area contributed by atoms with Gasteiger partial charge in [0.2, 0.25) is 5.91 Å². The molecule has 1 unspecified atom stereocenters. The van der Waals surface area contributed by atoms with E-state index in [0.717, 1.165) is 0 Å². The van der Waals surface area contributed by atoms with Crippen LogP contribution in [0.5, 0.6) is 0 Å². The van der Waals surface area contributed by atoms with E-state index in [-0.39, 0.29) is 16.4 Å². The van der Waals surface area contributed by atoms with E-state index >= 15 is 0 Å². The molecular formula is C10H10Br2N2O3. The van der Waals surface area contributed by atoms with Gasteiger partial charge >= 0.3 is 0 Å². The average Bonchev–Trinajstić information content (AvgIpc) is 2.30. The first-order valence-electron chi connectivity index (χ1n) is 4.84. The number of nitrogens with one attached hydrogen (secondary N) is 1. The summed E-state index contributed by atoms with van der Waals surface area (Å²) < 4.78 is 0.381. The third kappa shape index (κ3) is 3.78. The fourth-order valence-corrected chi connectivity index (χ4v) is 1.64. The Morgan fingerprint density at radius 2 is 2.24 bits per heavy atom. The second-order valence-electron chi connectivity index (χ2n) is 3.29. The first kappa shape index (κ1) is 14.1. The molecule has 1 rings (SSSR count). The Kier molecular flexibility index (Phi) is 5.07. The van der Waals surface area contributed by atoms with Crippen LogP contribution in [0.25, 0.3) is 0 Å². The number of hydrogen-bond acceptors (Lipinski definition) is 3. The van der Waals surface area contributed by atoms with Gasteiger partial charge in [-0.15, -0.1) is 0 Å². The van der Waals surface area contributed by atoms with E-state index in [2.05, 4.69) is 37.2 Å². The number of alkyl halides is 1. The largest absolute Gasteiger partial charge is 0.325 e. The molecule has 1 amide bonds. The predicted molar refractivity (Wildman–Crippen MR) is 72.4 cm³/mol. The van der Waals surface area contributed by atoms with Crippen molar-refractivity contribution in [3.63, 3.8) is 0 Å². The van der Waals surface area contributed by atoms with Gasteiger partial charge in [0, 0.05) is 11.8 Å². The predicted octanol–water partition coefficient (Wildman–Crippen LogP) is 3.47. The lowest BCUT2D eigenvalue weighted by Gasteiger charge is -2.08. The second-order valence-corrected chi connectivity index (χ2v) is 5.25. The van der Waals surface area contributed by atoms with Crippen LogP contribution in [-0.2, 0) is 4.79 Å². The molecule has 1 aromatic carbocycles. The molecule has 92 valence electrons. The summed E-state index contributed by atoms with van der Waals surface area (Å²) >= 11 is 6.28. The van der Waals surface area contributed by atoms with Crippen LogP contribution >= 0.6 is 31.9 Å². The van der Waals surface area contributed by atoms with Gasteiger partial charge in [-0.05, 0) is 34.5 Å². The topological polar surface area (TPSA) is 72.2 Å². The molecule has 0 aliphatic heterocycles. The fraction of sp³-hybridized carbons (Fsp3) is 0.300. The lowest BCUT2D eigenvalue weighted by Crippen LogP contribution is -2.21. The lowest BCUT2D eigenvalue weighted by atomic mass is 10.2. The Bertz CT molecular complexity index is 451. The van der Waals surface area contributed by atoms with Gasteiger partial charge < -0.3 is 5.32 Å². The van der Waals surface area contributed by atoms with Gasteiger partial charge in [0.15, 0.2) is 0 Å². The van der Waals surface area contributed by atoms with Crippen LogP contribution in [0.2, 0.25) is 0 Å². The van der Waals surface area contributed by atoms with Gasteiger partial charge in [-0.25, -0.2) is 0 Å². The van der Waals surface area contributed by atoms with Gasteiger partial charge in [-0.1, -0.05) is 22.9 Å². The molecule has 0 fully saturated rings. The smallest absolute Gasteiger partial charge is 0.285 e. The Hall–Kier alpha value is -0.950. The molecular weight excluding hydrogens is 356 g/mol. The Balaban J connectivity index is 2.90. The van der Waals surface area contributed by atoms with E-state index in [9.17, 15) is 14.9 Å². The second kappa shape index (κ2) is 6.11. The van der Waals surface area contributed by atoms with Crippen molar-refractivity contribution in [3.05, 3.63) is 32.8 Å². The maximum absolute atomic E-state index is 11.6. The van der Waals surface area contributed by atoms with E-state index in [1.165, 1.54) is 12.1 Å². The van der Waals surface area contributed by atoms with E-state index in [4.69, 9.17) is 0 Å². The number of nitro groups is 1. The van der Waals surface area contributed by atoms with Gasteiger partial charge in [0.05, 0.1) is 14.2 Å². The molecule has 17 heavy (non-hydrogen) atoms. The molecule has 0 radical (unpaired) electrons. The number of nitrogens with zero attached hydrogens (tertiary/aromatic N) is 1. The van der Waals surface area contributed by atoms with Crippen LogP contribution in [0, 0.1) is 10.1 Å². The molecule has 0 aliphatic rings. The van der Waals surface area contributed by atoms with Crippen LogP contribution < -0.4 is 5.32 Å². The molecule has 0 heterocycles. The first-order chi connectivity index (χ1) is 7.95. The van der Waals surface area contributed by atoms with Crippen LogP contribution in [0.3, 0.4) is 0 Å². The molecule has 0 bridgehead atoms. The molecule has 0 spiro atoms. The summed E-state index contributed by atoms with van der Waals surface area (Å²) in [6.45, 7) is 1.86. The van der Waals surface area contributed by atoms with Crippen LogP contribution in [0.4, 0.5) is 11.4 Å². The minimum Gasteiger partial charge on any atom is -0.325 e. The average molecular weight is 366 g/mol. The van der Waals surface area contributed by atoms with Crippen molar-refractivity contribution in [1.82, 2.24) is 0 Å². The molecule has 0 saturated heterocycles. The molecule has 0 saturated carbocycles. The summed E-state index contributed by atoms with van der Waals surface area (Å²) in [5.41, 5.74) is 0.327. The van der Waals surface area contributed by atoms with Crippen molar-refractivity contribution in [3.8, 4) is 0 Å². The van der Waals surface area contributed by atoms with Crippen molar-refractivity contribution in [2.45, 2.75) is 18.2 Å². The molecule has 7 heteroatoms. The molecule has 0 aliphatic carbocycles. The first-order valence-corrected chi connectivity index (χ1v) is 6.55. The zero-order valence-corrected chi connectivity index (χ0v) is 12.1. The monoisotopic (exact) mass is 364 g/mol. The standard InChI is InChI=1S/C10H10Br2N2O3/c1-2-7(11)10(15)13-6-3-4-8(12)9(5-6)14(16)17/h3-5,7H,2H2,1H3,(H,13,15). The Morgan fingerprint density at radius 3 is 2.76 bits per heavy atom. The van der Waals surface area contributed by atoms with Gasteiger partial charge in [0.25, 0.3) is 5.69 Å². The third-order valence-corrected chi connectivity index (χ3v) is 3.79. The minimum atomic E-state index is -0.509. The van der Waals surface area contributed by atoms with Crippen molar-refractivity contribution in [1.29, 1.82) is 0 Å². The number of halogens is 2. The highest BCUT2D eigenvalue weighted by atomic mass is 79.9. The van der Waals surface area contributed by atoms with Gasteiger partial charge in [0.1, 0.15) is 0 Å².